The zero-order valence-electron chi connectivity index (χ0n) is 12.2. The molecule has 0 bridgehead atoms. The lowest BCUT2D eigenvalue weighted by Gasteiger charge is -2.47. The number of aliphatic hydroxyl groups excluding tert-OH is 1. The van der Waals surface area contributed by atoms with Crippen molar-refractivity contribution < 1.29 is 14.6 Å². The Kier molecular flexibility index (Phi) is 5.22. The average molecular weight is 269 g/mol. The van der Waals surface area contributed by atoms with Gasteiger partial charge in [-0.15, -0.1) is 0 Å². The summed E-state index contributed by atoms with van der Waals surface area (Å²) in [6, 6.07) is 0.564. The molecule has 0 aromatic rings. The molecule has 1 aliphatic carbocycles. The van der Waals surface area contributed by atoms with Crippen LogP contribution in [-0.2, 0) is 9.53 Å². The van der Waals surface area contributed by atoms with E-state index < -0.39 is 0 Å². The Hall–Kier alpha value is -0.610. The van der Waals surface area contributed by atoms with Crippen LogP contribution in [0.25, 0.3) is 0 Å². The summed E-state index contributed by atoms with van der Waals surface area (Å²) >= 11 is 0. The topological polar surface area (TPSA) is 49.8 Å². The summed E-state index contributed by atoms with van der Waals surface area (Å²) < 4.78 is 5.19. The van der Waals surface area contributed by atoms with Crippen LogP contribution in [0.1, 0.15) is 46.0 Å². The van der Waals surface area contributed by atoms with E-state index in [2.05, 4.69) is 11.8 Å². The van der Waals surface area contributed by atoms with Gasteiger partial charge in [-0.05, 0) is 51.5 Å². The van der Waals surface area contributed by atoms with E-state index in [0.29, 0.717) is 18.6 Å². The molecule has 0 aromatic carbocycles. The number of carbonyl (C=O) groups is 1. The Morgan fingerprint density at radius 1 is 1.32 bits per heavy atom. The Morgan fingerprint density at radius 2 is 2.11 bits per heavy atom. The molecule has 4 atom stereocenters. The number of hydrogen-bond acceptors (Lipinski definition) is 4. The minimum absolute atomic E-state index is 0.00181. The lowest BCUT2D eigenvalue weighted by atomic mass is 9.74. The van der Waals surface area contributed by atoms with Gasteiger partial charge in [-0.3, -0.25) is 9.69 Å². The first kappa shape index (κ1) is 14.8. The molecule has 4 nitrogen and oxygen atoms in total. The van der Waals surface area contributed by atoms with E-state index in [9.17, 15) is 9.90 Å². The predicted octanol–water partition coefficient (Wildman–Crippen LogP) is 1.81. The molecular formula is C15H27NO3. The van der Waals surface area contributed by atoms with E-state index >= 15 is 0 Å². The standard InChI is InChI=1S/C15H27NO3/c1-3-7-16-10-12(15(18)19-4-2)8-11-9-13(17)5-6-14(11)16/h11-14,17H,3-10H2,1-2H3/t11-,12-,13+,14-/m1/s1. The molecular weight excluding hydrogens is 242 g/mol. The molecule has 0 spiro atoms. The number of piperidine rings is 1. The summed E-state index contributed by atoms with van der Waals surface area (Å²) in [5.41, 5.74) is 0. The van der Waals surface area contributed by atoms with Crippen LogP contribution >= 0.6 is 0 Å². The van der Waals surface area contributed by atoms with E-state index in [1.54, 1.807) is 0 Å². The third-order valence-corrected chi connectivity index (χ3v) is 4.56. The quantitative estimate of drug-likeness (QED) is 0.791. The fraction of sp³-hybridized carbons (Fsp3) is 0.933. The number of aliphatic hydroxyl groups is 1. The number of ether oxygens (including phenoxy) is 1. The monoisotopic (exact) mass is 269 g/mol. The SMILES string of the molecule is CCCN1C[C@H](C(=O)OCC)C[C@@H]2C[C@@H](O)CC[C@H]21. The number of hydrogen-bond donors (Lipinski definition) is 1. The minimum atomic E-state index is -0.175. The first-order chi connectivity index (χ1) is 9.15. The van der Waals surface area contributed by atoms with Gasteiger partial charge in [-0.25, -0.2) is 0 Å². The van der Waals surface area contributed by atoms with Gasteiger partial charge >= 0.3 is 5.97 Å². The second-order valence-electron chi connectivity index (χ2n) is 5.97. The van der Waals surface area contributed by atoms with Crippen molar-refractivity contribution in [2.24, 2.45) is 11.8 Å². The van der Waals surface area contributed by atoms with Gasteiger partial charge in [0.2, 0.25) is 0 Å². The van der Waals surface area contributed by atoms with E-state index in [0.717, 1.165) is 45.2 Å². The zero-order valence-corrected chi connectivity index (χ0v) is 12.2. The molecule has 0 unspecified atom stereocenters. The maximum atomic E-state index is 12.0. The lowest BCUT2D eigenvalue weighted by molar-refractivity contribution is -0.153. The Morgan fingerprint density at radius 3 is 2.79 bits per heavy atom. The van der Waals surface area contributed by atoms with E-state index in [1.165, 1.54) is 0 Å². The van der Waals surface area contributed by atoms with Crippen molar-refractivity contribution in [2.45, 2.75) is 58.1 Å². The summed E-state index contributed by atoms with van der Waals surface area (Å²) in [4.78, 5) is 14.5. The lowest BCUT2D eigenvalue weighted by Crippen LogP contribution is -2.53. The summed E-state index contributed by atoms with van der Waals surface area (Å²) in [6.07, 6.45) is 4.65. The van der Waals surface area contributed by atoms with Crippen molar-refractivity contribution in [2.75, 3.05) is 19.7 Å². The van der Waals surface area contributed by atoms with Gasteiger partial charge in [-0.2, -0.15) is 0 Å². The smallest absolute Gasteiger partial charge is 0.310 e. The highest BCUT2D eigenvalue weighted by molar-refractivity contribution is 5.72. The van der Waals surface area contributed by atoms with Gasteiger partial charge in [0.25, 0.3) is 0 Å². The van der Waals surface area contributed by atoms with Crippen LogP contribution in [0.5, 0.6) is 0 Å². The second-order valence-corrected chi connectivity index (χ2v) is 5.97. The maximum absolute atomic E-state index is 12.0. The van der Waals surface area contributed by atoms with Gasteiger partial charge < -0.3 is 9.84 Å². The molecule has 1 heterocycles. The molecule has 1 saturated heterocycles. The molecule has 110 valence electrons. The number of esters is 1. The normalized spacial score (nSPS) is 35.7. The molecule has 2 fully saturated rings. The van der Waals surface area contributed by atoms with Crippen molar-refractivity contribution >= 4 is 5.97 Å². The summed E-state index contributed by atoms with van der Waals surface area (Å²) in [6.45, 7) is 6.38. The highest BCUT2D eigenvalue weighted by atomic mass is 16.5. The fourth-order valence-corrected chi connectivity index (χ4v) is 3.79. The Balaban J connectivity index is 2.04. The van der Waals surface area contributed by atoms with Crippen molar-refractivity contribution in [3.63, 3.8) is 0 Å². The molecule has 2 aliphatic rings. The summed E-state index contributed by atoms with van der Waals surface area (Å²) in [5, 5.41) is 9.86. The van der Waals surface area contributed by atoms with Gasteiger partial charge in [0.1, 0.15) is 0 Å². The largest absolute Gasteiger partial charge is 0.466 e. The summed E-state index contributed by atoms with van der Waals surface area (Å²) in [5.74, 6) is 0.402. The number of likely N-dealkylation sites (tertiary alicyclic amines) is 1. The van der Waals surface area contributed by atoms with Crippen LogP contribution < -0.4 is 0 Å². The predicted molar refractivity (Wildman–Crippen MR) is 73.7 cm³/mol. The van der Waals surface area contributed by atoms with Crippen LogP contribution in [0, 0.1) is 11.8 Å². The first-order valence-corrected chi connectivity index (χ1v) is 7.74. The maximum Gasteiger partial charge on any atom is 0.310 e. The fourth-order valence-electron chi connectivity index (χ4n) is 3.79. The van der Waals surface area contributed by atoms with Crippen molar-refractivity contribution in [3.8, 4) is 0 Å². The minimum Gasteiger partial charge on any atom is -0.466 e. The van der Waals surface area contributed by atoms with Crippen LogP contribution in [0.3, 0.4) is 0 Å². The molecule has 19 heavy (non-hydrogen) atoms. The molecule has 0 amide bonds. The van der Waals surface area contributed by atoms with Crippen LogP contribution in [0.15, 0.2) is 0 Å². The molecule has 0 radical (unpaired) electrons. The third kappa shape index (κ3) is 3.48. The Labute approximate surface area is 116 Å². The van der Waals surface area contributed by atoms with E-state index in [1.807, 2.05) is 6.92 Å². The van der Waals surface area contributed by atoms with E-state index in [-0.39, 0.29) is 18.0 Å². The zero-order chi connectivity index (χ0) is 13.8. The summed E-state index contributed by atoms with van der Waals surface area (Å²) in [7, 11) is 0. The van der Waals surface area contributed by atoms with Crippen molar-refractivity contribution in [3.05, 3.63) is 0 Å². The van der Waals surface area contributed by atoms with Gasteiger partial charge in [-0.1, -0.05) is 6.92 Å². The highest BCUT2D eigenvalue weighted by Gasteiger charge is 2.41. The molecule has 0 aromatic heterocycles. The molecule has 1 saturated carbocycles. The van der Waals surface area contributed by atoms with Crippen molar-refractivity contribution in [1.29, 1.82) is 0 Å². The first-order valence-electron chi connectivity index (χ1n) is 7.74. The van der Waals surface area contributed by atoms with E-state index in [4.69, 9.17) is 4.74 Å². The van der Waals surface area contributed by atoms with Crippen molar-refractivity contribution in [1.82, 2.24) is 4.90 Å². The van der Waals surface area contributed by atoms with Gasteiger partial charge in [0.05, 0.1) is 18.6 Å². The molecule has 4 heteroatoms. The van der Waals surface area contributed by atoms with Gasteiger partial charge in [0, 0.05) is 12.6 Å². The molecule has 2 rings (SSSR count). The van der Waals surface area contributed by atoms with Crippen LogP contribution in [0.2, 0.25) is 0 Å². The highest BCUT2D eigenvalue weighted by Crippen LogP contribution is 2.38. The van der Waals surface area contributed by atoms with Crippen LogP contribution in [-0.4, -0.2) is 47.8 Å². The molecule has 1 N–H and O–H groups in total. The number of carbonyl (C=O) groups excluding carboxylic acids is 1. The Bertz CT molecular complexity index is 300. The van der Waals surface area contributed by atoms with Gasteiger partial charge in [0.15, 0.2) is 0 Å². The van der Waals surface area contributed by atoms with Crippen LogP contribution in [0.4, 0.5) is 0 Å². The molecule has 1 aliphatic heterocycles. The average Bonchev–Trinajstić information content (AvgIpc) is 2.38. The second kappa shape index (κ2) is 6.71. The number of rotatable bonds is 4. The third-order valence-electron chi connectivity index (χ3n) is 4.56. The number of nitrogens with zero attached hydrogens (tertiary/aromatic N) is 1. The number of fused-ring (bicyclic) bond motifs is 1.